The van der Waals surface area contributed by atoms with Gasteiger partial charge in [0.25, 0.3) is 5.91 Å². The van der Waals surface area contributed by atoms with Gasteiger partial charge in [-0.1, -0.05) is 0 Å². The van der Waals surface area contributed by atoms with Crippen LogP contribution in [0.25, 0.3) is 5.65 Å². The first-order valence-corrected chi connectivity index (χ1v) is 10.6. The minimum Gasteiger partial charge on any atom is -0.356 e. The van der Waals surface area contributed by atoms with Gasteiger partial charge in [-0.2, -0.15) is 9.61 Å². The van der Waals surface area contributed by atoms with Crippen molar-refractivity contribution in [3.8, 4) is 0 Å². The van der Waals surface area contributed by atoms with Gasteiger partial charge < -0.3 is 4.90 Å². The van der Waals surface area contributed by atoms with E-state index in [1.54, 1.807) is 17.2 Å². The van der Waals surface area contributed by atoms with Crippen molar-refractivity contribution in [3.05, 3.63) is 59.7 Å². The van der Waals surface area contributed by atoms with Crippen LogP contribution in [0.3, 0.4) is 0 Å². The SMILES string of the molecule is O=C1N2C(=NC13CCN(c1ccnc4c(F)cnn14)CC3)CC[C@H]2c1cc(F)cc(F)c1. The van der Waals surface area contributed by atoms with E-state index in [0.717, 1.165) is 12.3 Å². The molecule has 0 saturated carbocycles. The number of carbonyl (C=O) groups excluding carboxylic acids is 1. The van der Waals surface area contributed by atoms with E-state index in [1.165, 1.54) is 16.6 Å². The molecule has 2 fully saturated rings. The Balaban J connectivity index is 1.25. The molecule has 5 heterocycles. The second-order valence-electron chi connectivity index (χ2n) is 8.51. The summed E-state index contributed by atoms with van der Waals surface area (Å²) in [6.07, 6.45) is 4.84. The lowest BCUT2D eigenvalue weighted by molar-refractivity contribution is -0.133. The minimum atomic E-state index is -0.863. The number of benzene rings is 1. The Morgan fingerprint density at radius 3 is 2.56 bits per heavy atom. The maximum Gasteiger partial charge on any atom is 0.256 e. The second-order valence-corrected chi connectivity index (χ2v) is 8.51. The minimum absolute atomic E-state index is 0.107. The Bertz CT molecular complexity index is 1260. The molecule has 3 aromatic rings. The summed E-state index contributed by atoms with van der Waals surface area (Å²) >= 11 is 0. The lowest BCUT2D eigenvalue weighted by Crippen LogP contribution is -2.50. The van der Waals surface area contributed by atoms with Crippen LogP contribution in [0.4, 0.5) is 19.0 Å². The monoisotopic (exact) mass is 440 g/mol. The second kappa shape index (κ2) is 6.78. The van der Waals surface area contributed by atoms with E-state index in [1.807, 2.05) is 4.90 Å². The number of amides is 1. The van der Waals surface area contributed by atoms with E-state index in [9.17, 15) is 18.0 Å². The normalized spacial score (nSPS) is 22.2. The van der Waals surface area contributed by atoms with Gasteiger partial charge in [0, 0.05) is 31.8 Å². The molecule has 1 atom stereocenters. The number of amidine groups is 1. The molecule has 0 aliphatic carbocycles. The number of piperidine rings is 1. The third-order valence-electron chi connectivity index (χ3n) is 6.71. The van der Waals surface area contributed by atoms with Crippen molar-refractivity contribution in [1.29, 1.82) is 0 Å². The first-order chi connectivity index (χ1) is 15.4. The summed E-state index contributed by atoms with van der Waals surface area (Å²) in [5, 5.41) is 4.08. The fraction of sp³-hybridized carbons (Fsp3) is 0.364. The van der Waals surface area contributed by atoms with Crippen molar-refractivity contribution >= 4 is 23.2 Å². The van der Waals surface area contributed by atoms with Gasteiger partial charge in [-0.3, -0.25) is 14.7 Å². The molecule has 0 radical (unpaired) electrons. The number of hydrogen-bond donors (Lipinski definition) is 0. The predicted octanol–water partition coefficient (Wildman–Crippen LogP) is 3.26. The summed E-state index contributed by atoms with van der Waals surface area (Å²) in [6.45, 7) is 1.08. The van der Waals surface area contributed by atoms with Crippen LogP contribution in [0.1, 0.15) is 37.3 Å². The van der Waals surface area contributed by atoms with Gasteiger partial charge in [-0.05, 0) is 43.0 Å². The van der Waals surface area contributed by atoms with Crippen molar-refractivity contribution in [3.63, 3.8) is 0 Å². The molecule has 32 heavy (non-hydrogen) atoms. The first-order valence-electron chi connectivity index (χ1n) is 10.6. The van der Waals surface area contributed by atoms with Gasteiger partial charge >= 0.3 is 0 Å². The maximum absolute atomic E-state index is 13.9. The number of anilines is 1. The van der Waals surface area contributed by atoms with E-state index in [4.69, 9.17) is 4.99 Å². The number of hydrogen-bond acceptors (Lipinski definition) is 5. The quantitative estimate of drug-likeness (QED) is 0.614. The molecule has 0 bridgehead atoms. The largest absolute Gasteiger partial charge is 0.356 e. The van der Waals surface area contributed by atoms with E-state index in [2.05, 4.69) is 10.1 Å². The van der Waals surface area contributed by atoms with Crippen molar-refractivity contribution < 1.29 is 18.0 Å². The average molecular weight is 440 g/mol. The van der Waals surface area contributed by atoms with Crippen LogP contribution in [0.2, 0.25) is 0 Å². The third-order valence-corrected chi connectivity index (χ3v) is 6.71. The molecule has 164 valence electrons. The Hall–Kier alpha value is -3.43. The zero-order chi connectivity index (χ0) is 22.0. The van der Waals surface area contributed by atoms with Crippen LogP contribution in [-0.4, -0.2) is 49.9 Å². The van der Waals surface area contributed by atoms with Crippen LogP contribution in [0.5, 0.6) is 0 Å². The number of rotatable bonds is 2. The molecule has 3 aliphatic heterocycles. The number of fused-ring (bicyclic) bond motifs is 2. The van der Waals surface area contributed by atoms with Crippen LogP contribution in [-0.2, 0) is 4.79 Å². The Morgan fingerprint density at radius 1 is 1.06 bits per heavy atom. The van der Waals surface area contributed by atoms with Gasteiger partial charge in [-0.15, -0.1) is 0 Å². The fourth-order valence-electron chi connectivity index (χ4n) is 5.19. The zero-order valence-corrected chi connectivity index (χ0v) is 17.0. The molecule has 10 heteroatoms. The molecule has 2 aromatic heterocycles. The molecular formula is C22H19F3N6O. The number of carbonyl (C=O) groups is 1. The Labute approximate surface area is 181 Å². The molecule has 0 N–H and O–H groups in total. The summed E-state index contributed by atoms with van der Waals surface area (Å²) in [4.78, 5) is 26.0. The lowest BCUT2D eigenvalue weighted by Gasteiger charge is -2.38. The smallest absolute Gasteiger partial charge is 0.256 e. The molecule has 7 nitrogen and oxygen atoms in total. The number of nitrogens with zero attached hydrogens (tertiary/aromatic N) is 6. The summed E-state index contributed by atoms with van der Waals surface area (Å²) in [7, 11) is 0. The fourth-order valence-corrected chi connectivity index (χ4v) is 5.19. The molecule has 0 unspecified atom stereocenters. The van der Waals surface area contributed by atoms with Gasteiger partial charge in [0.1, 0.15) is 28.8 Å². The van der Waals surface area contributed by atoms with Crippen molar-refractivity contribution in [2.24, 2.45) is 4.99 Å². The van der Waals surface area contributed by atoms with E-state index in [0.29, 0.717) is 56.0 Å². The molecule has 1 amide bonds. The van der Waals surface area contributed by atoms with E-state index < -0.39 is 29.0 Å². The summed E-state index contributed by atoms with van der Waals surface area (Å²) in [6, 6.07) is 4.77. The number of aliphatic imine (C=N–C) groups is 1. The molecular weight excluding hydrogens is 421 g/mol. The highest BCUT2D eigenvalue weighted by atomic mass is 19.1. The van der Waals surface area contributed by atoms with Crippen molar-refractivity contribution in [2.75, 3.05) is 18.0 Å². The highest BCUT2D eigenvalue weighted by Gasteiger charge is 2.53. The van der Waals surface area contributed by atoms with Gasteiger partial charge in [0.2, 0.25) is 0 Å². The summed E-state index contributed by atoms with van der Waals surface area (Å²) in [5.74, 6) is -0.501. The van der Waals surface area contributed by atoms with Gasteiger partial charge in [-0.25, -0.2) is 18.2 Å². The van der Waals surface area contributed by atoms with Crippen LogP contribution < -0.4 is 4.90 Å². The maximum atomic E-state index is 13.9. The van der Waals surface area contributed by atoms with Crippen LogP contribution in [0.15, 0.2) is 41.7 Å². The van der Waals surface area contributed by atoms with Gasteiger partial charge in [0.05, 0.1) is 12.2 Å². The van der Waals surface area contributed by atoms with Gasteiger partial charge in [0.15, 0.2) is 11.5 Å². The predicted molar refractivity (Wildman–Crippen MR) is 110 cm³/mol. The molecule has 2 saturated heterocycles. The topological polar surface area (TPSA) is 66.1 Å². The van der Waals surface area contributed by atoms with Crippen molar-refractivity contribution in [2.45, 2.75) is 37.3 Å². The zero-order valence-electron chi connectivity index (χ0n) is 17.0. The lowest BCUT2D eigenvalue weighted by atomic mass is 9.87. The third kappa shape index (κ3) is 2.74. The average Bonchev–Trinajstić information content (AvgIpc) is 3.43. The Morgan fingerprint density at radius 2 is 1.81 bits per heavy atom. The molecule has 3 aliphatic rings. The standard InChI is InChI=1S/C22H19F3N6O/c23-14-9-13(10-15(24)11-14)17-1-2-18-28-22(21(32)30(17)18)4-7-29(8-5-22)19-3-6-26-20-16(25)12-27-31(19)20/h3,6,9-12,17H,1-2,4-5,7-8H2/t17-/m0/s1. The molecule has 1 spiro atoms. The number of aromatic nitrogens is 3. The Kier molecular flexibility index (Phi) is 4.08. The number of halogens is 3. The molecule has 6 rings (SSSR count). The highest BCUT2D eigenvalue weighted by Crippen LogP contribution is 2.44. The summed E-state index contributed by atoms with van der Waals surface area (Å²) in [5.41, 5.74) is -0.251. The van der Waals surface area contributed by atoms with Crippen LogP contribution in [0, 0.1) is 17.5 Å². The van der Waals surface area contributed by atoms with E-state index >= 15 is 0 Å². The molecule has 1 aromatic carbocycles. The van der Waals surface area contributed by atoms with Crippen molar-refractivity contribution in [1.82, 2.24) is 19.5 Å². The summed E-state index contributed by atoms with van der Waals surface area (Å²) < 4.78 is 42.9. The van der Waals surface area contributed by atoms with E-state index in [-0.39, 0.29) is 11.6 Å². The van der Waals surface area contributed by atoms with Crippen LogP contribution >= 0.6 is 0 Å². The first kappa shape index (κ1) is 19.3. The highest BCUT2D eigenvalue weighted by molar-refractivity contribution is 6.10.